The van der Waals surface area contributed by atoms with Crippen molar-refractivity contribution in [2.24, 2.45) is 0 Å². The van der Waals surface area contributed by atoms with Gasteiger partial charge in [-0.2, -0.15) is 10.1 Å². The number of nitrogens with one attached hydrogen (secondary N) is 2. The number of carbonyl (C=O) groups is 1. The van der Waals surface area contributed by atoms with E-state index in [4.69, 9.17) is 0 Å². The number of likely N-dealkylation sites (tertiary alicyclic amines) is 1. The van der Waals surface area contributed by atoms with Gasteiger partial charge in [-0.15, -0.1) is 0 Å². The minimum absolute atomic E-state index is 0.201. The second-order valence-corrected chi connectivity index (χ2v) is 5.87. The molecule has 0 spiro atoms. The molecule has 0 saturated carbocycles. The molecule has 0 radical (unpaired) electrons. The van der Waals surface area contributed by atoms with E-state index in [0.29, 0.717) is 24.0 Å². The number of aromatic nitrogens is 5. The molecule has 4 rings (SSSR count). The zero-order valence-electron chi connectivity index (χ0n) is 12.9. The van der Waals surface area contributed by atoms with Gasteiger partial charge in [-0.05, 0) is 18.9 Å². The van der Waals surface area contributed by atoms with Crippen LogP contribution in [0.4, 0.5) is 0 Å². The van der Waals surface area contributed by atoms with Crippen LogP contribution in [0.3, 0.4) is 0 Å². The summed E-state index contributed by atoms with van der Waals surface area (Å²) in [4.78, 5) is 37.1. The number of aromatic amines is 2. The first-order valence-corrected chi connectivity index (χ1v) is 7.86. The van der Waals surface area contributed by atoms with Crippen molar-refractivity contribution in [1.29, 1.82) is 0 Å². The van der Waals surface area contributed by atoms with Crippen molar-refractivity contribution in [1.82, 2.24) is 30.0 Å². The molecule has 8 heteroatoms. The maximum Gasteiger partial charge on any atom is 0.346 e. The van der Waals surface area contributed by atoms with Crippen LogP contribution in [0.15, 0.2) is 35.4 Å². The number of hydrogen-bond donors (Lipinski definition) is 2. The number of rotatable bonds is 2. The molecule has 1 saturated heterocycles. The molecular weight excluding hydrogens is 308 g/mol. The lowest BCUT2D eigenvalue weighted by atomic mass is 9.96. The van der Waals surface area contributed by atoms with Crippen LogP contribution in [-0.2, 0) is 0 Å². The lowest BCUT2D eigenvalue weighted by Gasteiger charge is -2.30. The predicted octanol–water partition coefficient (Wildman–Crippen LogP) is 1.06. The van der Waals surface area contributed by atoms with E-state index >= 15 is 0 Å². The number of para-hydroxylation sites is 1. The van der Waals surface area contributed by atoms with Gasteiger partial charge in [0.2, 0.25) is 0 Å². The van der Waals surface area contributed by atoms with E-state index in [2.05, 4.69) is 25.1 Å². The van der Waals surface area contributed by atoms with Crippen molar-refractivity contribution >= 4 is 16.8 Å². The first-order valence-electron chi connectivity index (χ1n) is 7.86. The van der Waals surface area contributed by atoms with Crippen molar-refractivity contribution in [2.75, 3.05) is 13.1 Å². The van der Waals surface area contributed by atoms with E-state index in [-0.39, 0.29) is 17.5 Å². The Balaban J connectivity index is 1.58. The molecule has 8 nitrogen and oxygen atoms in total. The summed E-state index contributed by atoms with van der Waals surface area (Å²) in [6.07, 6.45) is 3.11. The second-order valence-electron chi connectivity index (χ2n) is 5.87. The van der Waals surface area contributed by atoms with E-state index < -0.39 is 5.69 Å². The molecule has 2 N–H and O–H groups in total. The van der Waals surface area contributed by atoms with Crippen LogP contribution in [0, 0.1) is 0 Å². The predicted molar refractivity (Wildman–Crippen MR) is 86.6 cm³/mol. The van der Waals surface area contributed by atoms with Gasteiger partial charge in [-0.1, -0.05) is 18.2 Å². The highest BCUT2D eigenvalue weighted by Gasteiger charge is 2.27. The van der Waals surface area contributed by atoms with Crippen molar-refractivity contribution in [3.05, 3.63) is 52.6 Å². The highest BCUT2D eigenvalue weighted by Crippen LogP contribution is 2.26. The Morgan fingerprint density at radius 2 is 2.00 bits per heavy atom. The number of benzene rings is 1. The topological polar surface area (TPSA) is 108 Å². The normalized spacial score (nSPS) is 15.8. The summed E-state index contributed by atoms with van der Waals surface area (Å²) in [5, 5.41) is 7.44. The lowest BCUT2D eigenvalue weighted by molar-refractivity contribution is 0.0707. The minimum atomic E-state index is -0.506. The third-order valence-electron chi connectivity index (χ3n) is 4.44. The molecule has 122 valence electrons. The summed E-state index contributed by atoms with van der Waals surface area (Å²) in [6, 6.07) is 7.21. The standard InChI is InChI=1S/C16H16N6O2/c23-15(13-11-3-1-2-4-12(11)19-16(24)20-13)22-7-5-10(6-8-22)14-17-9-18-21-14/h1-4,9-10H,5-8H2,(H,17,18,21)(H,19,20,24). The smallest absolute Gasteiger partial charge is 0.337 e. The monoisotopic (exact) mass is 324 g/mol. The largest absolute Gasteiger partial charge is 0.346 e. The molecule has 1 aliphatic heterocycles. The number of piperidine rings is 1. The maximum absolute atomic E-state index is 12.8. The van der Waals surface area contributed by atoms with Gasteiger partial charge in [-0.25, -0.2) is 9.78 Å². The number of hydrogen-bond acceptors (Lipinski definition) is 5. The van der Waals surface area contributed by atoms with Gasteiger partial charge in [0.05, 0.1) is 5.52 Å². The number of fused-ring (bicyclic) bond motifs is 1. The van der Waals surface area contributed by atoms with Gasteiger partial charge < -0.3 is 9.88 Å². The van der Waals surface area contributed by atoms with Crippen LogP contribution in [-0.4, -0.2) is 49.0 Å². The lowest BCUT2D eigenvalue weighted by Crippen LogP contribution is -2.39. The minimum Gasteiger partial charge on any atom is -0.337 e. The number of nitrogens with zero attached hydrogens (tertiary/aromatic N) is 4. The summed E-state index contributed by atoms with van der Waals surface area (Å²) in [5.74, 6) is 0.940. The van der Waals surface area contributed by atoms with E-state index in [1.807, 2.05) is 12.1 Å². The Labute approximate surface area is 136 Å². The number of carbonyl (C=O) groups excluding carboxylic acids is 1. The molecular formula is C16H16N6O2. The van der Waals surface area contributed by atoms with Crippen molar-refractivity contribution in [2.45, 2.75) is 18.8 Å². The Morgan fingerprint density at radius 3 is 2.75 bits per heavy atom. The average Bonchev–Trinajstić information content (AvgIpc) is 3.15. The van der Waals surface area contributed by atoms with Gasteiger partial charge in [0, 0.05) is 24.4 Å². The quantitative estimate of drug-likeness (QED) is 0.733. The van der Waals surface area contributed by atoms with Crippen LogP contribution in [0.2, 0.25) is 0 Å². The molecule has 0 aliphatic carbocycles. The Morgan fingerprint density at radius 1 is 1.21 bits per heavy atom. The summed E-state index contributed by atoms with van der Waals surface area (Å²) < 4.78 is 0. The fourth-order valence-electron chi connectivity index (χ4n) is 3.18. The average molecular weight is 324 g/mol. The van der Waals surface area contributed by atoms with Gasteiger partial charge in [0.15, 0.2) is 0 Å². The van der Waals surface area contributed by atoms with Crippen LogP contribution in [0.1, 0.15) is 35.1 Å². The molecule has 24 heavy (non-hydrogen) atoms. The van der Waals surface area contributed by atoms with E-state index in [1.165, 1.54) is 6.33 Å². The highest BCUT2D eigenvalue weighted by molar-refractivity contribution is 6.04. The van der Waals surface area contributed by atoms with Gasteiger partial charge in [0.25, 0.3) is 5.91 Å². The molecule has 3 heterocycles. The highest BCUT2D eigenvalue weighted by atomic mass is 16.2. The van der Waals surface area contributed by atoms with Crippen molar-refractivity contribution in [3.8, 4) is 0 Å². The molecule has 0 unspecified atom stereocenters. The Kier molecular flexibility index (Phi) is 3.56. The van der Waals surface area contributed by atoms with E-state index in [9.17, 15) is 9.59 Å². The van der Waals surface area contributed by atoms with Crippen LogP contribution in [0.25, 0.3) is 10.9 Å². The Hall–Kier alpha value is -3.03. The van der Waals surface area contributed by atoms with Crippen molar-refractivity contribution in [3.63, 3.8) is 0 Å². The maximum atomic E-state index is 12.8. The molecule has 1 aliphatic rings. The number of H-pyrrole nitrogens is 2. The molecule has 1 aromatic carbocycles. The van der Waals surface area contributed by atoms with E-state index in [0.717, 1.165) is 18.7 Å². The zero-order valence-corrected chi connectivity index (χ0v) is 12.9. The molecule has 2 aromatic heterocycles. The summed E-state index contributed by atoms with van der Waals surface area (Å²) in [7, 11) is 0. The summed E-state index contributed by atoms with van der Waals surface area (Å²) in [5.41, 5.74) is 0.332. The fourth-order valence-corrected chi connectivity index (χ4v) is 3.18. The van der Waals surface area contributed by atoms with E-state index in [1.54, 1.807) is 17.0 Å². The molecule has 0 atom stereocenters. The molecule has 3 aromatic rings. The zero-order chi connectivity index (χ0) is 16.5. The van der Waals surface area contributed by atoms with Gasteiger partial charge >= 0.3 is 5.69 Å². The first kappa shape index (κ1) is 14.6. The summed E-state index contributed by atoms with van der Waals surface area (Å²) in [6.45, 7) is 1.21. The first-order chi connectivity index (χ1) is 11.7. The molecule has 0 bridgehead atoms. The van der Waals surface area contributed by atoms with Gasteiger partial charge in [0.1, 0.15) is 17.8 Å². The van der Waals surface area contributed by atoms with Gasteiger partial charge in [-0.3, -0.25) is 9.89 Å². The van der Waals surface area contributed by atoms with Crippen molar-refractivity contribution < 1.29 is 4.79 Å². The second kappa shape index (κ2) is 5.88. The third kappa shape index (κ3) is 2.55. The van der Waals surface area contributed by atoms with Crippen LogP contribution in [0.5, 0.6) is 0 Å². The summed E-state index contributed by atoms with van der Waals surface area (Å²) >= 11 is 0. The van der Waals surface area contributed by atoms with Crippen LogP contribution >= 0.6 is 0 Å². The SMILES string of the molecule is O=C(c1nc(=O)[nH]c2ccccc12)N1CCC(c2ncn[nH]2)CC1. The fraction of sp³-hybridized carbons (Fsp3) is 0.312. The third-order valence-corrected chi connectivity index (χ3v) is 4.44. The molecule has 1 amide bonds. The number of amides is 1. The molecule has 1 fully saturated rings. The Bertz CT molecular complexity index is 925. The van der Waals surface area contributed by atoms with Crippen LogP contribution < -0.4 is 5.69 Å².